The van der Waals surface area contributed by atoms with Gasteiger partial charge in [0.1, 0.15) is 0 Å². The van der Waals surface area contributed by atoms with Crippen LogP contribution in [-0.4, -0.2) is 23.2 Å². The van der Waals surface area contributed by atoms with Crippen molar-refractivity contribution in [2.75, 3.05) is 6.54 Å². The third-order valence-electron chi connectivity index (χ3n) is 2.57. The number of aliphatic hydroxyl groups is 1. The zero-order valence-electron chi connectivity index (χ0n) is 12.1. The molecule has 1 aromatic rings. The van der Waals surface area contributed by atoms with Crippen molar-refractivity contribution in [2.24, 2.45) is 0 Å². The fourth-order valence-corrected chi connectivity index (χ4v) is 1.59. The first-order valence-electron chi connectivity index (χ1n) is 6.40. The molecule has 3 N–H and O–H groups in total. The molecule has 4 nitrogen and oxygen atoms in total. The Labute approximate surface area is 121 Å². The minimum Gasteiger partial charge on any atom is -0.387 e. The van der Waals surface area contributed by atoms with E-state index in [9.17, 15) is 23.1 Å². The molecule has 1 rings (SSSR count). The highest BCUT2D eigenvalue weighted by atomic mass is 19.4. The van der Waals surface area contributed by atoms with E-state index in [2.05, 4.69) is 10.6 Å². The average molecular weight is 304 g/mol. The molecule has 21 heavy (non-hydrogen) atoms. The van der Waals surface area contributed by atoms with Gasteiger partial charge in [-0.05, 0) is 38.5 Å². The molecule has 0 radical (unpaired) electrons. The summed E-state index contributed by atoms with van der Waals surface area (Å²) in [6.07, 6.45) is -5.48. The molecule has 1 aromatic carbocycles. The molecule has 0 heterocycles. The van der Waals surface area contributed by atoms with Crippen LogP contribution in [0.2, 0.25) is 0 Å². The van der Waals surface area contributed by atoms with Crippen LogP contribution in [0.25, 0.3) is 0 Å². The lowest BCUT2D eigenvalue weighted by Gasteiger charge is -2.21. The molecule has 7 heteroatoms. The summed E-state index contributed by atoms with van der Waals surface area (Å²) >= 11 is 0. The summed E-state index contributed by atoms with van der Waals surface area (Å²) in [5, 5.41) is 14.9. The number of nitrogens with one attached hydrogen (secondary N) is 2. The van der Waals surface area contributed by atoms with Gasteiger partial charge in [-0.15, -0.1) is 0 Å². The second-order valence-corrected chi connectivity index (χ2v) is 5.72. The highest BCUT2D eigenvalue weighted by molar-refractivity contribution is 5.74. The van der Waals surface area contributed by atoms with Crippen LogP contribution in [-0.2, 0) is 6.18 Å². The number of benzene rings is 1. The maximum absolute atomic E-state index is 12.4. The van der Waals surface area contributed by atoms with E-state index >= 15 is 0 Å². The van der Waals surface area contributed by atoms with Gasteiger partial charge in [0, 0.05) is 12.1 Å². The lowest BCUT2D eigenvalue weighted by Crippen LogP contribution is -2.47. The van der Waals surface area contributed by atoms with E-state index in [0.717, 1.165) is 12.1 Å². The van der Waals surface area contributed by atoms with E-state index in [1.807, 2.05) is 0 Å². The Bertz CT molecular complexity index is 478. The first-order chi connectivity index (χ1) is 9.49. The fraction of sp³-hybridized carbons (Fsp3) is 0.500. The first-order valence-corrected chi connectivity index (χ1v) is 6.40. The van der Waals surface area contributed by atoms with Crippen molar-refractivity contribution in [2.45, 2.75) is 38.6 Å². The second kappa shape index (κ2) is 6.34. The molecule has 118 valence electrons. The zero-order chi connectivity index (χ0) is 16.3. The minimum atomic E-state index is -4.41. The largest absolute Gasteiger partial charge is 0.416 e. The SMILES string of the molecule is CC(C)(C)NC(=O)NCC(O)c1ccc(C(F)(F)F)cc1. The van der Waals surface area contributed by atoms with Gasteiger partial charge in [-0.25, -0.2) is 4.79 Å². The smallest absolute Gasteiger partial charge is 0.387 e. The fourth-order valence-electron chi connectivity index (χ4n) is 1.59. The Morgan fingerprint density at radius 1 is 1.19 bits per heavy atom. The standard InChI is InChI=1S/C14H19F3N2O2/c1-13(2,3)19-12(21)18-8-11(20)9-4-6-10(7-5-9)14(15,16)17/h4-7,11,20H,8H2,1-3H3,(H2,18,19,21). The van der Waals surface area contributed by atoms with Gasteiger partial charge in [0.15, 0.2) is 0 Å². The van der Waals surface area contributed by atoms with E-state index in [1.165, 1.54) is 12.1 Å². The van der Waals surface area contributed by atoms with Gasteiger partial charge in [0.05, 0.1) is 11.7 Å². The summed E-state index contributed by atoms with van der Waals surface area (Å²) in [5.41, 5.74) is -0.889. The van der Waals surface area contributed by atoms with Gasteiger partial charge in [-0.2, -0.15) is 13.2 Å². The van der Waals surface area contributed by atoms with Gasteiger partial charge >= 0.3 is 12.2 Å². The summed E-state index contributed by atoms with van der Waals surface area (Å²) < 4.78 is 37.2. The Kier molecular flexibility index (Phi) is 5.22. The maximum Gasteiger partial charge on any atom is 0.416 e. The van der Waals surface area contributed by atoms with Crippen molar-refractivity contribution in [1.82, 2.24) is 10.6 Å². The number of carbonyl (C=O) groups excluding carboxylic acids is 1. The molecular weight excluding hydrogens is 285 g/mol. The van der Waals surface area contributed by atoms with Crippen molar-refractivity contribution >= 4 is 6.03 Å². The molecule has 0 aliphatic heterocycles. The van der Waals surface area contributed by atoms with E-state index in [4.69, 9.17) is 0 Å². The third kappa shape index (κ3) is 6.03. The topological polar surface area (TPSA) is 61.4 Å². The number of alkyl halides is 3. The Morgan fingerprint density at radius 2 is 1.71 bits per heavy atom. The molecular formula is C14H19F3N2O2. The van der Waals surface area contributed by atoms with E-state index in [1.54, 1.807) is 20.8 Å². The van der Waals surface area contributed by atoms with Crippen LogP contribution >= 0.6 is 0 Å². The van der Waals surface area contributed by atoms with Crippen molar-refractivity contribution in [1.29, 1.82) is 0 Å². The lowest BCUT2D eigenvalue weighted by molar-refractivity contribution is -0.137. The van der Waals surface area contributed by atoms with Crippen molar-refractivity contribution in [3.8, 4) is 0 Å². The third-order valence-corrected chi connectivity index (χ3v) is 2.57. The van der Waals surface area contributed by atoms with Gasteiger partial charge in [-0.3, -0.25) is 0 Å². The van der Waals surface area contributed by atoms with Gasteiger partial charge in [0.25, 0.3) is 0 Å². The highest BCUT2D eigenvalue weighted by Crippen LogP contribution is 2.29. The summed E-state index contributed by atoms with van der Waals surface area (Å²) in [6, 6.07) is 3.73. The molecule has 1 unspecified atom stereocenters. The number of halogens is 3. The van der Waals surface area contributed by atoms with E-state index in [-0.39, 0.29) is 6.54 Å². The number of hydrogen-bond donors (Lipinski definition) is 3. The first kappa shape index (κ1) is 17.3. The Balaban J connectivity index is 2.56. The summed E-state index contributed by atoms with van der Waals surface area (Å²) in [4.78, 5) is 11.5. The summed E-state index contributed by atoms with van der Waals surface area (Å²) in [6.45, 7) is 5.32. The highest BCUT2D eigenvalue weighted by Gasteiger charge is 2.30. The van der Waals surface area contributed by atoms with Crippen LogP contribution in [0.4, 0.5) is 18.0 Å². The maximum atomic E-state index is 12.4. The number of carbonyl (C=O) groups is 1. The van der Waals surface area contributed by atoms with Gasteiger partial charge in [-0.1, -0.05) is 12.1 Å². The Morgan fingerprint density at radius 3 is 2.14 bits per heavy atom. The molecule has 0 aliphatic rings. The molecule has 0 aromatic heterocycles. The minimum absolute atomic E-state index is 0.0900. The molecule has 0 bridgehead atoms. The van der Waals surface area contributed by atoms with Crippen LogP contribution in [0, 0.1) is 0 Å². The van der Waals surface area contributed by atoms with Crippen molar-refractivity contribution in [3.05, 3.63) is 35.4 Å². The monoisotopic (exact) mass is 304 g/mol. The van der Waals surface area contributed by atoms with Crippen LogP contribution in [0.3, 0.4) is 0 Å². The van der Waals surface area contributed by atoms with Crippen LogP contribution in [0.15, 0.2) is 24.3 Å². The molecule has 0 fully saturated rings. The number of hydrogen-bond acceptors (Lipinski definition) is 2. The predicted molar refractivity (Wildman–Crippen MR) is 72.7 cm³/mol. The number of aliphatic hydroxyl groups excluding tert-OH is 1. The van der Waals surface area contributed by atoms with Gasteiger partial charge in [0.2, 0.25) is 0 Å². The average Bonchev–Trinajstić information content (AvgIpc) is 2.33. The van der Waals surface area contributed by atoms with Crippen molar-refractivity contribution < 1.29 is 23.1 Å². The lowest BCUT2D eigenvalue weighted by atomic mass is 10.1. The van der Waals surface area contributed by atoms with Crippen LogP contribution in [0.1, 0.15) is 38.0 Å². The van der Waals surface area contributed by atoms with E-state index < -0.39 is 29.4 Å². The molecule has 0 saturated carbocycles. The van der Waals surface area contributed by atoms with Crippen LogP contribution in [0.5, 0.6) is 0 Å². The zero-order valence-corrected chi connectivity index (χ0v) is 12.1. The molecule has 1 atom stereocenters. The summed E-state index contributed by atoms with van der Waals surface area (Å²) in [7, 11) is 0. The molecule has 0 saturated heterocycles. The number of rotatable bonds is 3. The second-order valence-electron chi connectivity index (χ2n) is 5.72. The van der Waals surface area contributed by atoms with Gasteiger partial charge < -0.3 is 15.7 Å². The molecule has 0 aliphatic carbocycles. The van der Waals surface area contributed by atoms with Crippen LogP contribution < -0.4 is 10.6 Å². The number of urea groups is 1. The normalized spacial score (nSPS) is 13.7. The predicted octanol–water partition coefficient (Wildman–Crippen LogP) is 2.84. The summed E-state index contributed by atoms with van der Waals surface area (Å²) in [5.74, 6) is 0. The quantitative estimate of drug-likeness (QED) is 0.804. The molecule has 2 amide bonds. The number of amides is 2. The Hall–Kier alpha value is -1.76. The van der Waals surface area contributed by atoms with Crippen molar-refractivity contribution in [3.63, 3.8) is 0 Å². The molecule has 0 spiro atoms. The van der Waals surface area contributed by atoms with E-state index in [0.29, 0.717) is 5.56 Å².